The van der Waals surface area contributed by atoms with E-state index in [1.165, 1.54) is 18.2 Å². The molecule has 0 saturated carbocycles. The Balaban J connectivity index is 2.57. The summed E-state index contributed by atoms with van der Waals surface area (Å²) in [6, 6.07) is 4.05. The summed E-state index contributed by atoms with van der Waals surface area (Å²) in [5.74, 6) is -1.30. The second-order valence-electron chi connectivity index (χ2n) is 4.19. The Kier molecular flexibility index (Phi) is 4.02. The van der Waals surface area contributed by atoms with Crippen LogP contribution in [-0.2, 0) is 9.53 Å². The van der Waals surface area contributed by atoms with Crippen LogP contribution in [0.3, 0.4) is 0 Å². The zero-order valence-electron chi connectivity index (χ0n) is 11.2. The number of halogens is 1. The normalized spacial score (nSPS) is 10.6. The van der Waals surface area contributed by atoms with Gasteiger partial charge in [0.15, 0.2) is 0 Å². The summed E-state index contributed by atoms with van der Waals surface area (Å²) in [5.41, 5.74) is 0.930. The standard InChI is InChI=1S/C14H15FN2O3/c1-3-11(18)17-12-9-7-8(15)5-6-10(9)16-13(12)14(19)20-4-2/h5-7,16H,3-4H2,1-2H3,(H,17,18). The van der Waals surface area contributed by atoms with Gasteiger partial charge in [0.25, 0.3) is 0 Å². The molecule has 0 unspecified atom stereocenters. The van der Waals surface area contributed by atoms with Crippen molar-refractivity contribution in [2.24, 2.45) is 0 Å². The summed E-state index contributed by atoms with van der Waals surface area (Å²) in [7, 11) is 0. The van der Waals surface area contributed by atoms with Crippen molar-refractivity contribution in [1.29, 1.82) is 0 Å². The molecule has 1 heterocycles. The third kappa shape index (κ3) is 2.64. The van der Waals surface area contributed by atoms with E-state index in [1.54, 1.807) is 13.8 Å². The van der Waals surface area contributed by atoms with E-state index >= 15 is 0 Å². The fourth-order valence-electron chi connectivity index (χ4n) is 1.88. The topological polar surface area (TPSA) is 71.2 Å². The minimum Gasteiger partial charge on any atom is -0.461 e. The molecule has 0 aliphatic carbocycles. The lowest BCUT2D eigenvalue weighted by Crippen LogP contribution is -2.14. The van der Waals surface area contributed by atoms with Crippen LogP contribution in [-0.4, -0.2) is 23.5 Å². The van der Waals surface area contributed by atoms with Crippen LogP contribution >= 0.6 is 0 Å². The van der Waals surface area contributed by atoms with Gasteiger partial charge in [-0.25, -0.2) is 9.18 Å². The van der Waals surface area contributed by atoms with Crippen molar-refractivity contribution in [3.63, 3.8) is 0 Å². The fraction of sp³-hybridized carbons (Fsp3) is 0.286. The number of nitrogens with one attached hydrogen (secondary N) is 2. The van der Waals surface area contributed by atoms with Crippen LogP contribution in [0.4, 0.5) is 10.1 Å². The highest BCUT2D eigenvalue weighted by molar-refractivity contribution is 6.10. The van der Waals surface area contributed by atoms with E-state index in [2.05, 4.69) is 10.3 Å². The van der Waals surface area contributed by atoms with Crippen LogP contribution in [0.15, 0.2) is 18.2 Å². The molecule has 0 bridgehead atoms. The number of ether oxygens (including phenoxy) is 1. The van der Waals surface area contributed by atoms with Gasteiger partial charge in [-0.05, 0) is 25.1 Å². The number of aromatic nitrogens is 1. The van der Waals surface area contributed by atoms with Gasteiger partial charge in [0.2, 0.25) is 5.91 Å². The summed E-state index contributed by atoms with van der Waals surface area (Å²) < 4.78 is 18.3. The highest BCUT2D eigenvalue weighted by Crippen LogP contribution is 2.29. The molecule has 0 spiro atoms. The number of hydrogen-bond donors (Lipinski definition) is 2. The van der Waals surface area contributed by atoms with E-state index in [1.807, 2.05) is 0 Å². The van der Waals surface area contributed by atoms with E-state index in [9.17, 15) is 14.0 Å². The van der Waals surface area contributed by atoms with Crippen molar-refractivity contribution in [3.8, 4) is 0 Å². The molecule has 20 heavy (non-hydrogen) atoms. The Morgan fingerprint density at radius 2 is 2.10 bits per heavy atom. The summed E-state index contributed by atoms with van der Waals surface area (Å²) in [5, 5.41) is 3.05. The highest BCUT2D eigenvalue weighted by atomic mass is 19.1. The lowest BCUT2D eigenvalue weighted by Gasteiger charge is -2.05. The average molecular weight is 278 g/mol. The van der Waals surface area contributed by atoms with Crippen molar-refractivity contribution in [1.82, 2.24) is 4.98 Å². The summed E-state index contributed by atoms with van der Waals surface area (Å²) in [4.78, 5) is 26.3. The number of hydrogen-bond acceptors (Lipinski definition) is 3. The molecule has 1 aromatic heterocycles. The number of benzene rings is 1. The van der Waals surface area contributed by atoms with E-state index in [-0.39, 0.29) is 30.3 Å². The molecule has 106 valence electrons. The predicted octanol–water partition coefficient (Wildman–Crippen LogP) is 2.83. The lowest BCUT2D eigenvalue weighted by atomic mass is 10.2. The molecule has 2 rings (SSSR count). The van der Waals surface area contributed by atoms with Crippen molar-refractivity contribution in [3.05, 3.63) is 29.7 Å². The molecule has 0 atom stereocenters. The van der Waals surface area contributed by atoms with Crippen LogP contribution in [0.1, 0.15) is 30.8 Å². The van der Waals surface area contributed by atoms with Gasteiger partial charge in [-0.3, -0.25) is 4.79 Å². The van der Waals surface area contributed by atoms with Crippen LogP contribution in [0.5, 0.6) is 0 Å². The second-order valence-corrected chi connectivity index (χ2v) is 4.19. The first-order valence-corrected chi connectivity index (χ1v) is 6.35. The number of H-pyrrole nitrogens is 1. The smallest absolute Gasteiger partial charge is 0.356 e. The molecule has 0 saturated heterocycles. The number of esters is 1. The number of anilines is 1. The molecule has 1 aromatic carbocycles. The van der Waals surface area contributed by atoms with Crippen molar-refractivity contribution < 1.29 is 18.7 Å². The maximum Gasteiger partial charge on any atom is 0.356 e. The predicted molar refractivity (Wildman–Crippen MR) is 73.1 cm³/mol. The molecule has 5 nitrogen and oxygen atoms in total. The number of amides is 1. The summed E-state index contributed by atoms with van der Waals surface area (Å²) >= 11 is 0. The Hall–Kier alpha value is -2.37. The number of carbonyl (C=O) groups is 2. The van der Waals surface area contributed by atoms with Gasteiger partial charge in [-0.15, -0.1) is 0 Å². The first-order valence-electron chi connectivity index (χ1n) is 6.35. The maximum atomic E-state index is 13.4. The fourth-order valence-corrected chi connectivity index (χ4v) is 1.88. The number of aromatic amines is 1. The molecule has 0 aliphatic rings. The number of fused-ring (bicyclic) bond motifs is 1. The lowest BCUT2D eigenvalue weighted by molar-refractivity contribution is -0.115. The van der Waals surface area contributed by atoms with E-state index < -0.39 is 11.8 Å². The van der Waals surface area contributed by atoms with Gasteiger partial charge in [0, 0.05) is 17.3 Å². The monoisotopic (exact) mass is 278 g/mol. The van der Waals surface area contributed by atoms with Gasteiger partial charge in [0.05, 0.1) is 12.3 Å². The van der Waals surface area contributed by atoms with Crippen LogP contribution < -0.4 is 5.32 Å². The second kappa shape index (κ2) is 5.73. The van der Waals surface area contributed by atoms with Gasteiger partial charge in [-0.2, -0.15) is 0 Å². The van der Waals surface area contributed by atoms with Crippen molar-refractivity contribution in [2.45, 2.75) is 20.3 Å². The number of carbonyl (C=O) groups excluding carboxylic acids is 2. The molecule has 2 N–H and O–H groups in total. The molecule has 1 amide bonds. The van der Waals surface area contributed by atoms with Crippen LogP contribution in [0.2, 0.25) is 0 Å². The summed E-state index contributed by atoms with van der Waals surface area (Å²) in [6.07, 6.45) is 0.254. The first-order chi connectivity index (χ1) is 9.56. The van der Waals surface area contributed by atoms with Crippen LogP contribution in [0, 0.1) is 5.82 Å². The third-order valence-electron chi connectivity index (χ3n) is 2.83. The van der Waals surface area contributed by atoms with E-state index in [0.717, 1.165) is 0 Å². The Morgan fingerprint density at radius 3 is 2.75 bits per heavy atom. The molecular formula is C14H15FN2O3. The largest absolute Gasteiger partial charge is 0.461 e. The summed E-state index contributed by atoms with van der Waals surface area (Å²) in [6.45, 7) is 3.59. The Labute approximate surface area is 115 Å². The van der Waals surface area contributed by atoms with Gasteiger partial charge >= 0.3 is 5.97 Å². The first kappa shape index (κ1) is 14.0. The molecule has 0 fully saturated rings. The Bertz CT molecular complexity index is 664. The van der Waals surface area contributed by atoms with Gasteiger partial charge < -0.3 is 15.0 Å². The molecule has 0 radical (unpaired) electrons. The SMILES string of the molecule is CCOC(=O)c1[nH]c2ccc(F)cc2c1NC(=O)CC. The van der Waals surface area contributed by atoms with Gasteiger partial charge in [-0.1, -0.05) is 6.92 Å². The molecule has 0 aliphatic heterocycles. The van der Waals surface area contributed by atoms with Gasteiger partial charge in [0.1, 0.15) is 11.5 Å². The Morgan fingerprint density at radius 1 is 1.35 bits per heavy atom. The molecule has 6 heteroatoms. The highest BCUT2D eigenvalue weighted by Gasteiger charge is 2.20. The van der Waals surface area contributed by atoms with E-state index in [0.29, 0.717) is 10.9 Å². The molecular weight excluding hydrogens is 263 g/mol. The maximum absolute atomic E-state index is 13.4. The van der Waals surface area contributed by atoms with Crippen LogP contribution in [0.25, 0.3) is 10.9 Å². The minimum absolute atomic E-state index is 0.120. The van der Waals surface area contributed by atoms with Crippen molar-refractivity contribution in [2.75, 3.05) is 11.9 Å². The average Bonchev–Trinajstić information content (AvgIpc) is 2.77. The minimum atomic E-state index is -0.587. The quantitative estimate of drug-likeness (QED) is 0.845. The zero-order valence-corrected chi connectivity index (χ0v) is 11.2. The number of rotatable bonds is 4. The third-order valence-corrected chi connectivity index (χ3v) is 2.83. The van der Waals surface area contributed by atoms with Crippen molar-refractivity contribution >= 4 is 28.5 Å². The molecule has 2 aromatic rings. The van der Waals surface area contributed by atoms with E-state index in [4.69, 9.17) is 4.74 Å². The zero-order chi connectivity index (χ0) is 14.7.